The van der Waals surface area contributed by atoms with Crippen LogP contribution in [0.25, 0.3) is 11.3 Å². The molecule has 2 rings (SSSR count). The molecule has 0 aliphatic heterocycles. The maximum Gasteiger partial charge on any atom is 0.242 e. The highest BCUT2D eigenvalue weighted by atomic mass is 35.5. The van der Waals surface area contributed by atoms with Crippen molar-refractivity contribution in [3.63, 3.8) is 0 Å². The molecule has 0 saturated carbocycles. The Morgan fingerprint density at radius 1 is 1.12 bits per heavy atom. The highest BCUT2D eigenvalue weighted by molar-refractivity contribution is 7.98. The third kappa shape index (κ3) is 2.80. The maximum atomic E-state index is 9.74. The number of hydrogen-bond acceptors (Lipinski definition) is 5. The Morgan fingerprint density at radius 3 is 2.29 bits per heavy atom. The first kappa shape index (κ1) is 12.4. The summed E-state index contributed by atoms with van der Waals surface area (Å²) in [5, 5.41) is 18.8. The van der Waals surface area contributed by atoms with Gasteiger partial charge in [-0.15, -0.1) is 10.2 Å². The van der Waals surface area contributed by atoms with E-state index in [-0.39, 0.29) is 11.6 Å². The Morgan fingerprint density at radius 2 is 1.76 bits per heavy atom. The molecule has 0 fully saturated rings. The predicted molar refractivity (Wildman–Crippen MR) is 68.7 cm³/mol. The molecule has 2 aromatic rings. The minimum absolute atomic E-state index is 0.192. The van der Waals surface area contributed by atoms with Crippen LogP contribution in [0.5, 0.6) is 5.88 Å². The molecule has 17 heavy (non-hydrogen) atoms. The number of thioether (sulfide) groups is 1. The first-order chi connectivity index (χ1) is 8.10. The number of hydrogen-bond donors (Lipinski definition) is 1. The van der Waals surface area contributed by atoms with Crippen LogP contribution in [-0.2, 0) is 0 Å². The molecule has 0 spiro atoms. The number of nitrogens with zero attached hydrogens (tertiary/aromatic N) is 3. The van der Waals surface area contributed by atoms with Crippen molar-refractivity contribution < 1.29 is 5.11 Å². The molecule has 88 valence electrons. The van der Waals surface area contributed by atoms with Crippen LogP contribution in [0.3, 0.4) is 0 Å². The smallest absolute Gasteiger partial charge is 0.242 e. The lowest BCUT2D eigenvalue weighted by atomic mass is 10.1. The van der Waals surface area contributed by atoms with Gasteiger partial charge in [-0.1, -0.05) is 35.0 Å². The van der Waals surface area contributed by atoms with Crippen molar-refractivity contribution in [2.75, 3.05) is 6.26 Å². The second kappa shape index (κ2) is 5.08. The van der Waals surface area contributed by atoms with Gasteiger partial charge in [0, 0.05) is 15.6 Å². The summed E-state index contributed by atoms with van der Waals surface area (Å²) < 4.78 is 0. The van der Waals surface area contributed by atoms with E-state index in [0.717, 1.165) is 0 Å². The number of aromatic nitrogens is 3. The lowest BCUT2D eigenvalue weighted by Crippen LogP contribution is -1.94. The largest absolute Gasteiger partial charge is 0.492 e. The minimum Gasteiger partial charge on any atom is -0.492 e. The van der Waals surface area contributed by atoms with Gasteiger partial charge in [0.1, 0.15) is 0 Å². The topological polar surface area (TPSA) is 58.9 Å². The van der Waals surface area contributed by atoms with Gasteiger partial charge in [0.25, 0.3) is 0 Å². The standard InChI is InChI=1S/C10H7Cl2N3OS/c1-17-10-13-9(16)8(14-15-10)5-2-6(11)4-7(12)3-5/h2-4H,1H3,(H,13,15,16). The van der Waals surface area contributed by atoms with Crippen molar-refractivity contribution in [1.29, 1.82) is 0 Å². The van der Waals surface area contributed by atoms with E-state index in [9.17, 15) is 5.11 Å². The van der Waals surface area contributed by atoms with Gasteiger partial charge < -0.3 is 5.11 Å². The zero-order chi connectivity index (χ0) is 12.4. The van der Waals surface area contributed by atoms with Crippen LogP contribution in [0.15, 0.2) is 23.4 Å². The second-order valence-electron chi connectivity index (χ2n) is 3.13. The van der Waals surface area contributed by atoms with Crippen LogP contribution in [0.4, 0.5) is 0 Å². The fourth-order valence-corrected chi connectivity index (χ4v) is 2.09. The number of aromatic hydroxyl groups is 1. The molecular weight excluding hydrogens is 281 g/mol. The van der Waals surface area contributed by atoms with Crippen LogP contribution in [0, 0.1) is 0 Å². The predicted octanol–water partition coefficient (Wildman–Crippen LogP) is 3.27. The number of halogens is 2. The molecule has 1 aromatic carbocycles. The molecule has 0 amide bonds. The van der Waals surface area contributed by atoms with E-state index < -0.39 is 0 Å². The first-order valence-electron chi connectivity index (χ1n) is 4.54. The lowest BCUT2D eigenvalue weighted by Gasteiger charge is -2.04. The molecular formula is C10H7Cl2N3OS. The molecule has 1 heterocycles. The minimum atomic E-state index is -0.192. The van der Waals surface area contributed by atoms with E-state index in [4.69, 9.17) is 23.2 Å². The summed E-state index contributed by atoms with van der Waals surface area (Å²) in [6.07, 6.45) is 1.80. The zero-order valence-electron chi connectivity index (χ0n) is 8.69. The molecule has 0 aliphatic carbocycles. The highest BCUT2D eigenvalue weighted by Crippen LogP contribution is 2.30. The van der Waals surface area contributed by atoms with Gasteiger partial charge in [0.05, 0.1) is 0 Å². The third-order valence-electron chi connectivity index (χ3n) is 1.97. The average molecular weight is 288 g/mol. The monoisotopic (exact) mass is 287 g/mol. The van der Waals surface area contributed by atoms with Crippen molar-refractivity contribution >= 4 is 35.0 Å². The maximum absolute atomic E-state index is 9.74. The van der Waals surface area contributed by atoms with E-state index in [2.05, 4.69) is 15.2 Å². The summed E-state index contributed by atoms with van der Waals surface area (Å²) in [4.78, 5) is 3.89. The Labute approximate surface area is 112 Å². The van der Waals surface area contributed by atoms with Gasteiger partial charge >= 0.3 is 0 Å². The molecule has 1 aromatic heterocycles. The number of benzene rings is 1. The Bertz CT molecular complexity index is 545. The normalized spacial score (nSPS) is 10.5. The van der Waals surface area contributed by atoms with E-state index in [1.54, 1.807) is 24.5 Å². The fourth-order valence-electron chi connectivity index (χ4n) is 1.27. The Hall–Kier alpha value is -1.04. The highest BCUT2D eigenvalue weighted by Gasteiger charge is 2.11. The van der Waals surface area contributed by atoms with Crippen LogP contribution in [-0.4, -0.2) is 26.5 Å². The van der Waals surface area contributed by atoms with Gasteiger partial charge in [-0.25, -0.2) is 0 Å². The van der Waals surface area contributed by atoms with Crippen molar-refractivity contribution in [3.8, 4) is 17.1 Å². The summed E-state index contributed by atoms with van der Waals surface area (Å²) >= 11 is 13.0. The number of rotatable bonds is 2. The molecule has 0 radical (unpaired) electrons. The SMILES string of the molecule is CSc1nnc(-c2cc(Cl)cc(Cl)c2)c(O)n1. The lowest BCUT2D eigenvalue weighted by molar-refractivity contribution is 0.442. The van der Waals surface area contributed by atoms with Gasteiger partial charge in [-0.2, -0.15) is 4.98 Å². The van der Waals surface area contributed by atoms with Crippen LogP contribution in [0.1, 0.15) is 0 Å². The van der Waals surface area contributed by atoms with Gasteiger partial charge in [-0.3, -0.25) is 0 Å². The van der Waals surface area contributed by atoms with Crippen molar-refractivity contribution in [2.45, 2.75) is 5.16 Å². The molecule has 4 nitrogen and oxygen atoms in total. The summed E-state index contributed by atoms with van der Waals surface area (Å²) in [5.74, 6) is -0.192. The van der Waals surface area contributed by atoms with E-state index in [1.807, 2.05) is 0 Å². The fraction of sp³-hybridized carbons (Fsp3) is 0.100. The Balaban J connectivity index is 2.52. The van der Waals surface area contributed by atoms with Crippen molar-refractivity contribution in [3.05, 3.63) is 28.2 Å². The molecule has 0 atom stereocenters. The molecule has 0 saturated heterocycles. The van der Waals surface area contributed by atoms with Crippen LogP contribution >= 0.6 is 35.0 Å². The molecule has 1 N–H and O–H groups in total. The average Bonchev–Trinajstić information content (AvgIpc) is 2.27. The molecule has 0 aliphatic rings. The van der Waals surface area contributed by atoms with Gasteiger partial charge in [-0.05, 0) is 24.5 Å². The summed E-state index contributed by atoms with van der Waals surface area (Å²) in [6.45, 7) is 0. The van der Waals surface area contributed by atoms with Crippen LogP contribution < -0.4 is 0 Å². The molecule has 7 heteroatoms. The van der Waals surface area contributed by atoms with Crippen molar-refractivity contribution in [1.82, 2.24) is 15.2 Å². The van der Waals surface area contributed by atoms with E-state index in [0.29, 0.717) is 20.8 Å². The van der Waals surface area contributed by atoms with Crippen molar-refractivity contribution in [2.24, 2.45) is 0 Å². The van der Waals surface area contributed by atoms with E-state index >= 15 is 0 Å². The van der Waals surface area contributed by atoms with Gasteiger partial charge in [0.2, 0.25) is 11.0 Å². The molecule has 0 bridgehead atoms. The van der Waals surface area contributed by atoms with Gasteiger partial charge in [0.15, 0.2) is 5.69 Å². The summed E-state index contributed by atoms with van der Waals surface area (Å²) in [7, 11) is 0. The Kier molecular flexibility index (Phi) is 3.71. The quantitative estimate of drug-likeness (QED) is 0.859. The van der Waals surface area contributed by atoms with Crippen LogP contribution in [0.2, 0.25) is 10.0 Å². The molecule has 0 unspecified atom stereocenters. The summed E-state index contributed by atoms with van der Waals surface area (Å²) in [5.41, 5.74) is 0.833. The van der Waals surface area contributed by atoms with E-state index in [1.165, 1.54) is 11.8 Å². The first-order valence-corrected chi connectivity index (χ1v) is 6.52. The summed E-state index contributed by atoms with van der Waals surface area (Å²) in [6, 6.07) is 4.87. The third-order valence-corrected chi connectivity index (χ3v) is 2.94. The second-order valence-corrected chi connectivity index (χ2v) is 4.78. The zero-order valence-corrected chi connectivity index (χ0v) is 11.0.